The summed E-state index contributed by atoms with van der Waals surface area (Å²) in [6.07, 6.45) is 0.503. The number of fused-ring (bicyclic) bond motifs is 3. The van der Waals surface area contributed by atoms with Gasteiger partial charge >= 0.3 is 0 Å². The lowest BCUT2D eigenvalue weighted by molar-refractivity contribution is 0.298. The highest BCUT2D eigenvalue weighted by Crippen LogP contribution is 2.32. The fourth-order valence-electron chi connectivity index (χ4n) is 3.44. The Kier molecular flexibility index (Phi) is 4.57. The van der Waals surface area contributed by atoms with Gasteiger partial charge in [0.15, 0.2) is 0 Å². The first kappa shape index (κ1) is 17.3. The summed E-state index contributed by atoms with van der Waals surface area (Å²) < 4.78 is 2.10. The van der Waals surface area contributed by atoms with Crippen LogP contribution < -0.4 is 0 Å². The summed E-state index contributed by atoms with van der Waals surface area (Å²) in [6.45, 7) is 2.48. The van der Waals surface area contributed by atoms with Gasteiger partial charge in [-0.05, 0) is 31.2 Å². The summed E-state index contributed by atoms with van der Waals surface area (Å²) in [4.78, 5) is 9.50. The minimum absolute atomic E-state index is 0.0536. The molecule has 0 atom stereocenters. The molecule has 0 aliphatic carbocycles. The number of rotatable bonds is 3. The average Bonchev–Trinajstić information content (AvgIpc) is 2.83. The van der Waals surface area contributed by atoms with E-state index in [9.17, 15) is 5.11 Å². The van der Waals surface area contributed by atoms with Gasteiger partial charge in [0.1, 0.15) is 5.82 Å². The molecule has 1 N–H and O–H groups in total. The molecule has 4 nitrogen and oxygen atoms in total. The van der Waals surface area contributed by atoms with Gasteiger partial charge in [-0.25, -0.2) is 4.98 Å². The van der Waals surface area contributed by atoms with Crippen molar-refractivity contribution in [3.8, 4) is 5.69 Å². The molecule has 0 saturated heterocycles. The fourth-order valence-corrected chi connectivity index (χ4v) is 3.83. The van der Waals surface area contributed by atoms with Crippen molar-refractivity contribution < 1.29 is 5.11 Å². The van der Waals surface area contributed by atoms with Crippen LogP contribution in [-0.2, 0) is 13.0 Å². The molecule has 0 bridgehead atoms. The normalized spacial score (nSPS) is 13.0. The van der Waals surface area contributed by atoms with Crippen molar-refractivity contribution in [3.63, 3.8) is 0 Å². The van der Waals surface area contributed by atoms with Gasteiger partial charge < -0.3 is 5.11 Å². The largest absolute Gasteiger partial charge is 0.396 e. The molecule has 0 radical (unpaired) electrons. The molecule has 1 aliphatic rings. The van der Waals surface area contributed by atoms with E-state index in [4.69, 9.17) is 28.2 Å². The average molecular weight is 386 g/mol. The summed E-state index contributed by atoms with van der Waals surface area (Å²) in [5.41, 5.74) is 5.43. The highest BCUT2D eigenvalue weighted by molar-refractivity contribution is 6.36. The van der Waals surface area contributed by atoms with Gasteiger partial charge in [0.25, 0.3) is 0 Å². The van der Waals surface area contributed by atoms with Gasteiger partial charge in [-0.1, -0.05) is 41.4 Å². The van der Waals surface area contributed by atoms with Crippen LogP contribution in [0.15, 0.2) is 47.5 Å². The van der Waals surface area contributed by atoms with Crippen LogP contribution in [0, 0.1) is 6.92 Å². The number of imidazole rings is 1. The predicted molar refractivity (Wildman–Crippen MR) is 105 cm³/mol. The summed E-state index contributed by atoms with van der Waals surface area (Å²) in [7, 11) is 0. The molecule has 26 heavy (non-hydrogen) atoms. The van der Waals surface area contributed by atoms with E-state index in [1.54, 1.807) is 0 Å². The quantitative estimate of drug-likeness (QED) is 0.727. The van der Waals surface area contributed by atoms with E-state index in [0.29, 0.717) is 23.0 Å². The van der Waals surface area contributed by atoms with Crippen molar-refractivity contribution in [2.24, 2.45) is 4.99 Å². The molecular formula is C20H17Cl2N3O. The van der Waals surface area contributed by atoms with E-state index in [2.05, 4.69) is 9.55 Å². The first-order chi connectivity index (χ1) is 12.6. The Morgan fingerprint density at radius 2 is 1.92 bits per heavy atom. The van der Waals surface area contributed by atoms with Crippen molar-refractivity contribution in [2.45, 2.75) is 19.9 Å². The molecule has 4 rings (SSSR count). The standard InChI is InChI=1S/C20H17Cl2N3O/c1-12-24-17(8-9-26)19-11-23-20(14-4-2-3-5-16(14)22)15-10-13(21)6-7-18(15)25(12)19/h2-7,10,26H,8-9,11H2,1H3. The van der Waals surface area contributed by atoms with Crippen molar-refractivity contribution in [1.82, 2.24) is 9.55 Å². The van der Waals surface area contributed by atoms with Crippen LogP contribution in [0.25, 0.3) is 5.69 Å². The van der Waals surface area contributed by atoms with Crippen LogP contribution in [0.5, 0.6) is 0 Å². The summed E-state index contributed by atoms with van der Waals surface area (Å²) in [6, 6.07) is 13.4. The smallest absolute Gasteiger partial charge is 0.110 e. The van der Waals surface area contributed by atoms with Crippen LogP contribution in [0.1, 0.15) is 28.3 Å². The van der Waals surface area contributed by atoms with Gasteiger partial charge in [0.2, 0.25) is 0 Å². The van der Waals surface area contributed by atoms with Gasteiger partial charge in [0, 0.05) is 34.2 Å². The molecule has 0 amide bonds. The Labute approximate surface area is 161 Å². The van der Waals surface area contributed by atoms with Crippen LogP contribution in [0.3, 0.4) is 0 Å². The van der Waals surface area contributed by atoms with E-state index < -0.39 is 0 Å². The van der Waals surface area contributed by atoms with Crippen LogP contribution in [-0.4, -0.2) is 27.0 Å². The van der Waals surface area contributed by atoms with Gasteiger partial charge in [-0.2, -0.15) is 0 Å². The van der Waals surface area contributed by atoms with Crippen molar-refractivity contribution in [3.05, 3.63) is 80.8 Å². The zero-order valence-corrected chi connectivity index (χ0v) is 15.7. The van der Waals surface area contributed by atoms with Crippen LogP contribution in [0.2, 0.25) is 10.0 Å². The van der Waals surface area contributed by atoms with E-state index in [1.165, 1.54) is 0 Å². The maximum absolute atomic E-state index is 9.38. The molecular weight excluding hydrogens is 369 g/mol. The first-order valence-electron chi connectivity index (χ1n) is 8.37. The van der Waals surface area contributed by atoms with Crippen molar-refractivity contribution in [2.75, 3.05) is 6.61 Å². The number of aliphatic hydroxyl groups excluding tert-OH is 1. The zero-order chi connectivity index (χ0) is 18.3. The lowest BCUT2D eigenvalue weighted by Gasteiger charge is -2.14. The highest BCUT2D eigenvalue weighted by atomic mass is 35.5. The number of aromatic nitrogens is 2. The second kappa shape index (κ2) is 6.88. The van der Waals surface area contributed by atoms with Crippen LogP contribution in [0.4, 0.5) is 0 Å². The third-order valence-corrected chi connectivity index (χ3v) is 5.11. The Bertz CT molecular complexity index is 1020. The molecule has 0 saturated carbocycles. The third kappa shape index (κ3) is 2.84. The second-order valence-corrected chi connectivity index (χ2v) is 7.01. The lowest BCUT2D eigenvalue weighted by Crippen LogP contribution is -2.08. The minimum atomic E-state index is 0.0536. The molecule has 6 heteroatoms. The number of aryl methyl sites for hydroxylation is 1. The second-order valence-electron chi connectivity index (χ2n) is 6.17. The maximum Gasteiger partial charge on any atom is 0.110 e. The monoisotopic (exact) mass is 385 g/mol. The lowest BCUT2D eigenvalue weighted by atomic mass is 10.0. The zero-order valence-electron chi connectivity index (χ0n) is 14.2. The minimum Gasteiger partial charge on any atom is -0.396 e. The van der Waals surface area contributed by atoms with Gasteiger partial charge in [-0.15, -0.1) is 0 Å². The molecule has 2 aromatic carbocycles. The van der Waals surface area contributed by atoms with Crippen LogP contribution >= 0.6 is 23.2 Å². The topological polar surface area (TPSA) is 50.4 Å². The molecule has 132 valence electrons. The first-order valence-corrected chi connectivity index (χ1v) is 9.13. The van der Waals surface area contributed by atoms with E-state index >= 15 is 0 Å². The number of benzene rings is 2. The number of hydrogen-bond acceptors (Lipinski definition) is 3. The Balaban J connectivity index is 2.00. The summed E-state index contributed by atoms with van der Waals surface area (Å²) in [5, 5.41) is 10.7. The molecule has 1 aromatic heterocycles. The Hall–Kier alpha value is -2.14. The van der Waals surface area contributed by atoms with E-state index in [1.807, 2.05) is 49.4 Å². The third-order valence-electron chi connectivity index (χ3n) is 4.54. The van der Waals surface area contributed by atoms with E-state index in [0.717, 1.165) is 39.7 Å². The summed E-state index contributed by atoms with van der Waals surface area (Å²) in [5.74, 6) is 0.864. The van der Waals surface area contributed by atoms with Gasteiger partial charge in [0.05, 0.1) is 29.3 Å². The molecule has 0 fully saturated rings. The molecule has 1 aliphatic heterocycles. The number of hydrogen-bond donors (Lipinski definition) is 1. The van der Waals surface area contributed by atoms with Crippen molar-refractivity contribution >= 4 is 28.9 Å². The molecule has 0 spiro atoms. The molecule has 2 heterocycles. The maximum atomic E-state index is 9.38. The fraction of sp³-hybridized carbons (Fsp3) is 0.200. The Morgan fingerprint density at radius 1 is 1.12 bits per heavy atom. The number of aliphatic imine (C=N–C) groups is 1. The van der Waals surface area contributed by atoms with Crippen molar-refractivity contribution in [1.29, 1.82) is 0 Å². The van der Waals surface area contributed by atoms with E-state index in [-0.39, 0.29) is 6.61 Å². The SMILES string of the molecule is Cc1nc(CCO)c2n1-c1ccc(Cl)cc1C(c1ccccc1Cl)=NC2. The number of nitrogens with zero attached hydrogens (tertiary/aromatic N) is 3. The number of aliphatic hydroxyl groups is 1. The number of halogens is 2. The summed E-state index contributed by atoms with van der Waals surface area (Å²) >= 11 is 12.7. The van der Waals surface area contributed by atoms with Gasteiger partial charge in [-0.3, -0.25) is 9.56 Å². The Morgan fingerprint density at radius 3 is 2.69 bits per heavy atom. The molecule has 3 aromatic rings. The predicted octanol–water partition coefficient (Wildman–Crippen LogP) is 4.37. The molecule has 0 unspecified atom stereocenters. The highest BCUT2D eigenvalue weighted by Gasteiger charge is 2.24.